The zero-order valence-electron chi connectivity index (χ0n) is 39.9. The lowest BCUT2D eigenvalue weighted by molar-refractivity contribution is -0.363. The predicted octanol–water partition coefficient (Wildman–Crippen LogP) is -1.48. The Bertz CT molecular complexity index is 2100. The Kier molecular flexibility index (Phi) is 16.0. The first-order valence-corrected chi connectivity index (χ1v) is 24.3. The van der Waals surface area contributed by atoms with Crippen molar-refractivity contribution in [3.05, 3.63) is 34.9 Å². The summed E-state index contributed by atoms with van der Waals surface area (Å²) in [6.07, 6.45) is -17.6. The molecular formula is C46H63B5O18S. The molecule has 376 valence electrons. The average Bonchev–Trinajstić information content (AvgIpc) is 3.30. The van der Waals surface area contributed by atoms with Gasteiger partial charge in [-0.2, -0.15) is 12.6 Å². The topological polar surface area (TPSA) is 289 Å². The zero-order valence-corrected chi connectivity index (χ0v) is 40.8. The van der Waals surface area contributed by atoms with Crippen LogP contribution in [-0.2, 0) is 42.8 Å². The van der Waals surface area contributed by atoms with E-state index in [0.29, 0.717) is 5.57 Å². The monoisotopic (exact) mass is 990 g/mol. The second kappa shape index (κ2) is 20.2. The van der Waals surface area contributed by atoms with Crippen LogP contribution < -0.4 is 0 Å². The van der Waals surface area contributed by atoms with Crippen LogP contribution in [-0.4, -0.2) is 207 Å². The van der Waals surface area contributed by atoms with Crippen LogP contribution in [0, 0.1) is 35.0 Å². The minimum absolute atomic E-state index is 0.0252. The molecular weight excluding hydrogens is 927 g/mol. The van der Waals surface area contributed by atoms with Gasteiger partial charge in [-0.1, -0.05) is 71.7 Å². The van der Waals surface area contributed by atoms with Gasteiger partial charge < -0.3 is 74.4 Å². The van der Waals surface area contributed by atoms with Gasteiger partial charge in [-0.3, -0.25) is 0 Å². The van der Waals surface area contributed by atoms with E-state index in [1.807, 2.05) is 6.08 Å². The maximum Gasteiger partial charge on any atom is 0.335 e. The highest BCUT2D eigenvalue weighted by molar-refractivity contribution is 7.83. The molecule has 2 aliphatic heterocycles. The van der Waals surface area contributed by atoms with Crippen molar-refractivity contribution in [2.45, 2.75) is 179 Å². The number of aliphatic hydroxyl groups excluding tert-OH is 8. The lowest BCUT2D eigenvalue weighted by Crippen LogP contribution is -2.74. The Labute approximate surface area is 419 Å². The molecule has 7 rings (SSSR count). The Hall–Kier alpha value is -2.18. The summed E-state index contributed by atoms with van der Waals surface area (Å²) in [7, 11) is 36.2. The molecule has 4 saturated carbocycles. The summed E-state index contributed by atoms with van der Waals surface area (Å²) < 4.78 is 34.2. The third-order valence-electron chi connectivity index (χ3n) is 17.3. The Morgan fingerprint density at radius 3 is 1.96 bits per heavy atom. The largest absolute Gasteiger partial charge is 0.479 e. The van der Waals surface area contributed by atoms with Gasteiger partial charge in [0.2, 0.25) is 0 Å². The highest BCUT2D eigenvalue weighted by Crippen LogP contribution is 2.76. The van der Waals surface area contributed by atoms with E-state index < -0.39 is 172 Å². The molecule has 6 fully saturated rings. The maximum absolute atomic E-state index is 13.6. The Balaban J connectivity index is 1.20. The molecule has 7 aliphatic rings. The number of carboxylic acid groups (broad SMARTS) is 1. The minimum atomic E-state index is -1.90. The number of aliphatic carboxylic acids is 1. The van der Waals surface area contributed by atoms with Gasteiger partial charge in [0.1, 0.15) is 36.6 Å². The first-order valence-electron chi connectivity index (χ1n) is 23.8. The summed E-state index contributed by atoms with van der Waals surface area (Å²) in [6.45, 7) is 6.07. The van der Waals surface area contributed by atoms with Crippen LogP contribution >= 0.6 is 12.6 Å². The quantitative estimate of drug-likeness (QED) is 0.0282. The molecule has 0 aromatic heterocycles. The van der Waals surface area contributed by atoms with Crippen molar-refractivity contribution in [1.82, 2.24) is 0 Å². The van der Waals surface area contributed by atoms with Crippen LogP contribution in [0.25, 0.3) is 0 Å². The van der Waals surface area contributed by atoms with E-state index in [4.69, 9.17) is 80.3 Å². The number of rotatable bonds is 11. The van der Waals surface area contributed by atoms with Gasteiger partial charge in [0, 0.05) is 27.6 Å². The van der Waals surface area contributed by atoms with Crippen molar-refractivity contribution in [2.75, 3.05) is 13.2 Å². The zero-order chi connectivity index (χ0) is 52.0. The summed E-state index contributed by atoms with van der Waals surface area (Å²) in [6, 6.07) is 0. The molecule has 18 nitrogen and oxygen atoms in total. The third-order valence-corrected chi connectivity index (χ3v) is 17.7. The Morgan fingerprint density at radius 1 is 0.786 bits per heavy atom. The summed E-state index contributed by atoms with van der Waals surface area (Å²) in [5.74, 6) is -7.69. The highest BCUT2D eigenvalue weighted by Gasteiger charge is 2.73. The first-order chi connectivity index (χ1) is 32.6. The van der Waals surface area contributed by atoms with Crippen LogP contribution in [0.5, 0.6) is 0 Å². The van der Waals surface area contributed by atoms with Crippen LogP contribution in [0.1, 0.15) is 73.1 Å². The van der Waals surface area contributed by atoms with Crippen molar-refractivity contribution in [2.24, 2.45) is 35.0 Å². The van der Waals surface area contributed by atoms with Crippen molar-refractivity contribution < 1.29 is 88.8 Å². The normalized spacial score (nSPS) is 49.2. The Morgan fingerprint density at radius 2 is 1.39 bits per heavy atom. The SMILES string of the molecule is [B]C1([B])C2CC[C@@]3([B])C4C(=CCC3[C@@]2([B])CC[C@@H]1OC1OC(C(=O)O)C(O)C(C)C1OC1OC(CO)C(O)C(O)C1O)C1C[C@@]([B])(S)[C@@H](OC(=O)/C(C)=C\C)[C@H](OC(=O)/C(C)=C\C)[C@]1(CO)[C@H](O)[C@@H]4O. The second-order valence-corrected chi connectivity index (χ2v) is 21.7. The average molecular weight is 990 g/mol. The number of thiol groups is 1. The lowest BCUT2D eigenvalue weighted by atomic mass is 9.24. The number of aliphatic hydroxyl groups is 8. The summed E-state index contributed by atoms with van der Waals surface area (Å²) in [5.41, 5.74) is -1.01. The smallest absolute Gasteiger partial charge is 0.335 e. The van der Waals surface area contributed by atoms with Crippen LogP contribution in [0.3, 0.4) is 0 Å². The maximum atomic E-state index is 13.6. The van der Waals surface area contributed by atoms with Gasteiger partial charge >= 0.3 is 17.9 Å². The number of carbonyl (C=O) groups excluding carboxylic acids is 2. The van der Waals surface area contributed by atoms with Crippen molar-refractivity contribution in [3.8, 4) is 0 Å². The number of hydrogen-bond donors (Lipinski definition) is 10. The van der Waals surface area contributed by atoms with E-state index in [1.54, 1.807) is 13.8 Å². The number of carboxylic acids is 1. The molecule has 14 unspecified atom stereocenters. The molecule has 0 bridgehead atoms. The molecule has 10 radical (unpaired) electrons. The number of carbonyl (C=O) groups is 3. The molecule has 2 heterocycles. The van der Waals surface area contributed by atoms with Crippen molar-refractivity contribution in [1.29, 1.82) is 0 Å². The van der Waals surface area contributed by atoms with E-state index in [9.17, 15) is 60.3 Å². The predicted molar refractivity (Wildman–Crippen MR) is 253 cm³/mol. The van der Waals surface area contributed by atoms with Gasteiger partial charge in [-0.25, -0.2) is 14.4 Å². The van der Waals surface area contributed by atoms with Crippen LogP contribution in [0.15, 0.2) is 34.9 Å². The van der Waals surface area contributed by atoms with E-state index >= 15 is 0 Å². The third kappa shape index (κ3) is 8.85. The van der Waals surface area contributed by atoms with Crippen molar-refractivity contribution >= 4 is 69.8 Å². The van der Waals surface area contributed by atoms with Gasteiger partial charge in [-0.15, -0.1) is 0 Å². The van der Waals surface area contributed by atoms with E-state index in [2.05, 4.69) is 0 Å². The van der Waals surface area contributed by atoms with E-state index in [1.165, 1.54) is 32.9 Å². The summed E-state index contributed by atoms with van der Waals surface area (Å²) in [5, 5.41) is 94.6. The molecule has 0 amide bonds. The summed E-state index contributed by atoms with van der Waals surface area (Å²) >= 11 is 4.81. The number of ether oxygens (including phenoxy) is 6. The molecule has 23 atom stereocenters. The molecule has 70 heavy (non-hydrogen) atoms. The number of hydrogen-bond acceptors (Lipinski definition) is 18. The van der Waals surface area contributed by atoms with Crippen molar-refractivity contribution in [3.63, 3.8) is 0 Å². The molecule has 0 aromatic carbocycles. The standard InChI is InChI=1S/C46H63B5O18S/c1-6-17(3)38(62)68-35-36(69-39(63)18(4)7-2)45(49,70)14-21-20-8-9-23-43(47)13-11-25(46(50,51)24(43)10-12-44(23,48)26(20)29(56)34(59)42(21,35)16-53)65-41-32(19(5)27(54)33(67-41)37(60)61)66-40-31(58)30(57)28(55)22(15-52)64-40/h6-8,19,21-36,40-41,52-59,70H,9-16H2,1-5H3,(H,60,61)/b17-6-,18-7-/t19?,21?,22?,23?,24?,25-,26?,27?,28?,29+,30?,31?,32?,33?,34+,35-,36-,40?,41?,42-,43-,44-,45+/m0/s1. The number of fused-ring (bicyclic) bond motifs is 7. The molecule has 5 aliphatic carbocycles. The van der Waals surface area contributed by atoms with Gasteiger partial charge in [0.25, 0.3) is 0 Å². The van der Waals surface area contributed by atoms with E-state index in [-0.39, 0.29) is 49.7 Å². The fourth-order valence-electron chi connectivity index (χ4n) is 13.0. The van der Waals surface area contributed by atoms with E-state index in [0.717, 1.165) is 0 Å². The molecule has 9 N–H and O–H groups in total. The second-order valence-electron chi connectivity index (χ2n) is 20.9. The molecule has 0 aromatic rings. The fraction of sp³-hybridized carbons (Fsp3) is 0.804. The molecule has 0 spiro atoms. The number of allylic oxidation sites excluding steroid dienone is 3. The lowest BCUT2D eigenvalue weighted by Gasteiger charge is -2.71. The van der Waals surface area contributed by atoms with Crippen LogP contribution in [0.4, 0.5) is 0 Å². The summed E-state index contributed by atoms with van der Waals surface area (Å²) in [4.78, 5) is 39.3. The van der Waals surface area contributed by atoms with Gasteiger partial charge in [0.15, 0.2) is 24.8 Å². The molecule has 2 saturated heterocycles. The fourth-order valence-corrected chi connectivity index (χ4v) is 13.4. The minimum Gasteiger partial charge on any atom is -0.479 e. The number of esters is 2. The highest BCUT2D eigenvalue weighted by atomic mass is 32.1. The van der Waals surface area contributed by atoms with Crippen LogP contribution in [0.2, 0.25) is 15.8 Å². The first kappa shape index (κ1) is 55.6. The van der Waals surface area contributed by atoms with Gasteiger partial charge in [-0.05, 0) is 58.8 Å². The van der Waals surface area contributed by atoms with Gasteiger partial charge in [0.05, 0.1) is 82.3 Å². The molecule has 24 heteroatoms.